The van der Waals surface area contributed by atoms with Gasteiger partial charge in [0.1, 0.15) is 12.9 Å². The highest BCUT2D eigenvalue weighted by atomic mass is 35.5. The molecule has 0 fully saturated rings. The van der Waals surface area contributed by atoms with Gasteiger partial charge in [0.15, 0.2) is 11.5 Å². The highest BCUT2D eigenvalue weighted by Gasteiger charge is 2.14. The van der Waals surface area contributed by atoms with E-state index in [4.69, 9.17) is 25.8 Å². The van der Waals surface area contributed by atoms with Gasteiger partial charge in [0, 0.05) is 11.1 Å². The van der Waals surface area contributed by atoms with Crippen LogP contribution in [0.25, 0.3) is 0 Å². The fourth-order valence-corrected chi connectivity index (χ4v) is 1.39. The van der Waals surface area contributed by atoms with Crippen LogP contribution in [-0.2, 0) is 0 Å². The van der Waals surface area contributed by atoms with E-state index < -0.39 is 0 Å². The topological polar surface area (TPSA) is 44.8 Å². The van der Waals surface area contributed by atoms with Crippen LogP contribution in [0, 0.1) is 0 Å². The Balaban J connectivity index is 3.10. The fraction of sp³-hybridized carbons (Fsp3) is 0.308. The van der Waals surface area contributed by atoms with Crippen molar-refractivity contribution in [3.05, 3.63) is 28.8 Å². The van der Waals surface area contributed by atoms with Crippen molar-refractivity contribution in [1.82, 2.24) is 0 Å². The molecule has 0 radical (unpaired) electrons. The summed E-state index contributed by atoms with van der Waals surface area (Å²) in [5.41, 5.74) is 2.76. The molecule has 0 amide bonds. The maximum atomic E-state index is 10.8. The van der Waals surface area contributed by atoms with E-state index in [1.54, 1.807) is 12.1 Å². The number of methoxy groups -OCH3 is 2. The van der Waals surface area contributed by atoms with Gasteiger partial charge in [0.05, 0.1) is 14.2 Å². The van der Waals surface area contributed by atoms with Crippen LogP contribution in [0.4, 0.5) is 0 Å². The Kier molecular flexibility index (Phi) is 5.52. The normalized spacial score (nSPS) is 11.0. The predicted octanol–water partition coefficient (Wildman–Crippen LogP) is 3.04. The number of halogens is 1. The van der Waals surface area contributed by atoms with Gasteiger partial charge in [-0.2, -0.15) is 0 Å². The van der Waals surface area contributed by atoms with Crippen molar-refractivity contribution in [1.29, 1.82) is 0 Å². The lowest BCUT2D eigenvalue weighted by Crippen LogP contribution is -2.03. The molecule has 0 unspecified atom stereocenters. The van der Waals surface area contributed by atoms with Gasteiger partial charge in [-0.3, -0.25) is 4.79 Å². The van der Waals surface area contributed by atoms with E-state index in [0.717, 1.165) is 11.9 Å². The van der Waals surface area contributed by atoms with Gasteiger partial charge in [-0.1, -0.05) is 11.6 Å². The van der Waals surface area contributed by atoms with Crippen molar-refractivity contribution in [3.63, 3.8) is 0 Å². The Morgan fingerprint density at radius 2 is 1.83 bits per heavy atom. The zero-order chi connectivity index (χ0) is 13.5. The number of benzene rings is 1. The molecule has 0 aliphatic heterocycles. The van der Waals surface area contributed by atoms with Gasteiger partial charge in [0.25, 0.3) is 0 Å². The van der Waals surface area contributed by atoms with E-state index in [1.807, 2.05) is 6.92 Å². The highest BCUT2D eigenvalue weighted by molar-refractivity contribution is 6.25. The molecule has 98 valence electrons. The summed E-state index contributed by atoms with van der Waals surface area (Å²) in [6.07, 6.45) is 0.721. The van der Waals surface area contributed by atoms with Crippen LogP contribution in [0.1, 0.15) is 17.3 Å². The molecular formula is C13H15ClO4. The van der Waals surface area contributed by atoms with E-state index in [0.29, 0.717) is 29.4 Å². The number of carbonyl (C=O) groups is 1. The van der Waals surface area contributed by atoms with Crippen molar-refractivity contribution in [2.24, 2.45) is 0 Å². The second kappa shape index (κ2) is 6.91. The molecule has 1 aromatic rings. The first-order chi connectivity index (χ1) is 8.65. The van der Waals surface area contributed by atoms with Gasteiger partial charge in [-0.25, -0.2) is 0 Å². The molecule has 4 nitrogen and oxygen atoms in total. The van der Waals surface area contributed by atoms with Gasteiger partial charge in [-0.15, -0.1) is 0 Å². The molecule has 1 aromatic carbocycles. The van der Waals surface area contributed by atoms with Gasteiger partial charge in [0.2, 0.25) is 5.75 Å². The molecule has 0 spiro atoms. The molecule has 1 rings (SSSR count). The number of hydrogen-bond acceptors (Lipinski definition) is 4. The molecular weight excluding hydrogens is 256 g/mol. The zero-order valence-corrected chi connectivity index (χ0v) is 11.3. The first kappa shape index (κ1) is 14.4. The second-order valence-corrected chi connectivity index (χ2v) is 3.83. The number of carbonyl (C=O) groups excluding carboxylic acids is 1. The number of hydrogen-bond donors (Lipinski definition) is 0. The molecule has 0 aliphatic carbocycles. The summed E-state index contributed by atoms with van der Waals surface area (Å²) in [7, 11) is 3.00. The Morgan fingerprint density at radius 1 is 1.28 bits per heavy atom. The molecule has 5 heteroatoms. The van der Waals surface area contributed by atoms with Crippen molar-refractivity contribution < 1.29 is 19.0 Å². The SMILES string of the molecule is COc1cc(C=O)cc(OC)c1OC/C(C)=C/Cl. The minimum Gasteiger partial charge on any atom is -0.493 e. The summed E-state index contributed by atoms with van der Waals surface area (Å²) < 4.78 is 15.9. The molecule has 0 bridgehead atoms. The highest BCUT2D eigenvalue weighted by Crippen LogP contribution is 2.38. The second-order valence-electron chi connectivity index (χ2n) is 3.62. The van der Waals surface area contributed by atoms with Crippen LogP contribution in [0.5, 0.6) is 17.2 Å². The number of rotatable bonds is 6. The van der Waals surface area contributed by atoms with Crippen molar-refractivity contribution in [2.75, 3.05) is 20.8 Å². The maximum Gasteiger partial charge on any atom is 0.203 e. The molecule has 0 aliphatic rings. The van der Waals surface area contributed by atoms with Crippen LogP contribution in [0.2, 0.25) is 0 Å². The number of ether oxygens (including phenoxy) is 3. The largest absolute Gasteiger partial charge is 0.493 e. The summed E-state index contributed by atoms with van der Waals surface area (Å²) in [6.45, 7) is 2.16. The van der Waals surface area contributed by atoms with Crippen LogP contribution in [0.3, 0.4) is 0 Å². The van der Waals surface area contributed by atoms with Gasteiger partial charge >= 0.3 is 0 Å². The van der Waals surface area contributed by atoms with E-state index >= 15 is 0 Å². The third kappa shape index (κ3) is 3.40. The van der Waals surface area contributed by atoms with Gasteiger partial charge in [-0.05, 0) is 24.6 Å². The van der Waals surface area contributed by atoms with Crippen molar-refractivity contribution >= 4 is 17.9 Å². The first-order valence-electron chi connectivity index (χ1n) is 5.26. The van der Waals surface area contributed by atoms with Gasteiger partial charge < -0.3 is 14.2 Å². The minimum absolute atomic E-state index is 0.316. The summed E-state index contributed by atoms with van der Waals surface area (Å²) >= 11 is 5.56. The third-order valence-electron chi connectivity index (χ3n) is 2.25. The predicted molar refractivity (Wildman–Crippen MR) is 70.0 cm³/mol. The summed E-state index contributed by atoms with van der Waals surface area (Å²) in [5, 5.41) is 0. The number of aldehydes is 1. The molecule has 0 saturated carbocycles. The molecule has 0 heterocycles. The maximum absolute atomic E-state index is 10.8. The van der Waals surface area contributed by atoms with Crippen LogP contribution in [-0.4, -0.2) is 27.1 Å². The van der Waals surface area contributed by atoms with E-state index in [-0.39, 0.29) is 0 Å². The molecule has 0 aromatic heterocycles. The Morgan fingerprint density at radius 3 is 2.22 bits per heavy atom. The lowest BCUT2D eigenvalue weighted by molar-refractivity contribution is 0.112. The van der Waals surface area contributed by atoms with Crippen LogP contribution >= 0.6 is 11.6 Å². The Hall–Kier alpha value is -1.68. The summed E-state index contributed by atoms with van der Waals surface area (Å²) in [4.78, 5) is 10.8. The summed E-state index contributed by atoms with van der Waals surface area (Å²) in [6, 6.07) is 3.18. The van der Waals surface area contributed by atoms with Crippen molar-refractivity contribution in [2.45, 2.75) is 6.92 Å². The lowest BCUT2D eigenvalue weighted by Gasteiger charge is -2.15. The average molecular weight is 271 g/mol. The van der Waals surface area contributed by atoms with Crippen molar-refractivity contribution in [3.8, 4) is 17.2 Å². The Bertz CT molecular complexity index is 429. The van der Waals surface area contributed by atoms with E-state index in [1.165, 1.54) is 19.8 Å². The van der Waals surface area contributed by atoms with Crippen LogP contribution < -0.4 is 14.2 Å². The fourth-order valence-electron chi connectivity index (χ4n) is 1.33. The minimum atomic E-state index is 0.316. The average Bonchev–Trinajstić information content (AvgIpc) is 2.43. The molecule has 0 atom stereocenters. The zero-order valence-electron chi connectivity index (χ0n) is 10.5. The first-order valence-corrected chi connectivity index (χ1v) is 5.69. The van der Waals surface area contributed by atoms with E-state index in [2.05, 4.69) is 0 Å². The molecule has 0 N–H and O–H groups in total. The third-order valence-corrected chi connectivity index (χ3v) is 2.62. The Labute approximate surface area is 111 Å². The summed E-state index contributed by atoms with van der Waals surface area (Å²) in [5.74, 6) is 1.33. The monoisotopic (exact) mass is 270 g/mol. The lowest BCUT2D eigenvalue weighted by atomic mass is 10.2. The quantitative estimate of drug-likeness (QED) is 0.746. The molecule has 0 saturated heterocycles. The van der Waals surface area contributed by atoms with Crippen LogP contribution in [0.15, 0.2) is 23.2 Å². The smallest absolute Gasteiger partial charge is 0.203 e. The standard InChI is InChI=1S/C13H15ClO4/c1-9(6-14)8-18-13-11(16-2)4-10(7-15)5-12(13)17-3/h4-7H,8H2,1-3H3/b9-6+. The van der Waals surface area contributed by atoms with E-state index in [9.17, 15) is 4.79 Å². The molecule has 18 heavy (non-hydrogen) atoms.